The molecule has 0 aromatic carbocycles. The molecule has 1 aliphatic heterocycles. The van der Waals surface area contributed by atoms with Gasteiger partial charge in [-0.1, -0.05) is 13.8 Å². The van der Waals surface area contributed by atoms with Crippen LogP contribution in [0, 0.1) is 11.8 Å². The molecule has 0 radical (unpaired) electrons. The molecule has 2 rings (SSSR count). The maximum atomic E-state index is 12.7. The van der Waals surface area contributed by atoms with Gasteiger partial charge in [-0.3, -0.25) is 4.90 Å². The molecule has 1 amide bonds. The molecule has 0 aromatic rings. The maximum absolute atomic E-state index is 12.7. The number of carbonyl (C=O) groups excluding carboxylic acids is 2. The molecular formula is C20H35NO4. The van der Waals surface area contributed by atoms with Crippen LogP contribution in [0.2, 0.25) is 0 Å². The van der Waals surface area contributed by atoms with Gasteiger partial charge in [-0.05, 0) is 65.2 Å². The molecule has 0 N–H and O–H groups in total. The fraction of sp³-hybridized carbons (Fsp3) is 0.900. The van der Waals surface area contributed by atoms with Gasteiger partial charge in [0.05, 0.1) is 18.8 Å². The zero-order valence-corrected chi connectivity index (χ0v) is 16.5. The minimum absolute atomic E-state index is 0.0889. The fourth-order valence-electron chi connectivity index (χ4n) is 3.97. The summed E-state index contributed by atoms with van der Waals surface area (Å²) in [6, 6.07) is 0.306. The van der Waals surface area contributed by atoms with Crippen LogP contribution in [0.3, 0.4) is 0 Å². The van der Waals surface area contributed by atoms with Crippen LogP contribution in [0.25, 0.3) is 0 Å². The van der Waals surface area contributed by atoms with Crippen molar-refractivity contribution in [3.63, 3.8) is 0 Å². The Bertz CT molecular complexity index is 449. The molecule has 1 aliphatic carbocycles. The third-order valence-corrected chi connectivity index (χ3v) is 5.36. The molecule has 2 aliphatic rings. The van der Waals surface area contributed by atoms with E-state index >= 15 is 0 Å². The standard InChI is InChI=1S/C20H35NO4/c1-14(2)18-11-8-16(21(18)19(23)25-20(3,4)5)13-24-17-9-6-15(12-22)7-10-17/h12,14-18H,6-11,13H2,1-5H3/t15?,16-,17?,18+/m0/s1. The van der Waals surface area contributed by atoms with E-state index in [2.05, 4.69) is 13.8 Å². The predicted molar refractivity (Wildman–Crippen MR) is 97.5 cm³/mol. The van der Waals surface area contributed by atoms with Crippen molar-refractivity contribution in [3.05, 3.63) is 0 Å². The first-order valence-electron chi connectivity index (χ1n) is 9.79. The highest BCUT2D eigenvalue weighted by Gasteiger charge is 2.41. The number of aldehydes is 1. The highest BCUT2D eigenvalue weighted by molar-refractivity contribution is 5.69. The van der Waals surface area contributed by atoms with E-state index in [1.54, 1.807) is 0 Å². The fourth-order valence-corrected chi connectivity index (χ4v) is 3.97. The van der Waals surface area contributed by atoms with Crippen molar-refractivity contribution in [2.24, 2.45) is 11.8 Å². The average molecular weight is 354 g/mol. The van der Waals surface area contributed by atoms with Crippen LogP contribution >= 0.6 is 0 Å². The summed E-state index contributed by atoms with van der Waals surface area (Å²) in [4.78, 5) is 25.5. The Labute approximate surface area is 152 Å². The summed E-state index contributed by atoms with van der Waals surface area (Å²) >= 11 is 0. The molecule has 5 heteroatoms. The normalized spacial score (nSPS) is 30.6. The highest BCUT2D eigenvalue weighted by atomic mass is 16.6. The van der Waals surface area contributed by atoms with Crippen molar-refractivity contribution in [1.82, 2.24) is 4.90 Å². The Kier molecular flexibility index (Phi) is 6.89. The average Bonchev–Trinajstić information content (AvgIpc) is 2.96. The quantitative estimate of drug-likeness (QED) is 0.696. The Morgan fingerprint density at radius 3 is 2.28 bits per heavy atom. The number of amides is 1. The lowest BCUT2D eigenvalue weighted by Crippen LogP contribution is -2.47. The van der Waals surface area contributed by atoms with Gasteiger partial charge in [-0.15, -0.1) is 0 Å². The number of carbonyl (C=O) groups is 2. The second-order valence-electron chi connectivity index (χ2n) is 8.94. The van der Waals surface area contributed by atoms with E-state index in [0.717, 1.165) is 44.8 Å². The van der Waals surface area contributed by atoms with E-state index in [1.165, 1.54) is 0 Å². The van der Waals surface area contributed by atoms with Crippen LogP contribution in [0.15, 0.2) is 0 Å². The van der Waals surface area contributed by atoms with E-state index in [4.69, 9.17) is 9.47 Å². The van der Waals surface area contributed by atoms with Crippen molar-refractivity contribution in [3.8, 4) is 0 Å². The SMILES string of the molecule is CC(C)[C@H]1CC[C@@H](COC2CCC(C=O)CC2)N1C(=O)OC(C)(C)C. The van der Waals surface area contributed by atoms with Crippen LogP contribution < -0.4 is 0 Å². The molecule has 1 saturated carbocycles. The lowest BCUT2D eigenvalue weighted by molar-refractivity contribution is -0.113. The predicted octanol–water partition coefficient (Wildman–Crippen LogP) is 4.18. The summed E-state index contributed by atoms with van der Waals surface area (Å²) in [7, 11) is 0. The van der Waals surface area contributed by atoms with Crippen molar-refractivity contribution in [2.75, 3.05) is 6.61 Å². The van der Waals surface area contributed by atoms with E-state index in [9.17, 15) is 9.59 Å². The molecule has 0 spiro atoms. The lowest BCUT2D eigenvalue weighted by atomic mass is 9.88. The third-order valence-electron chi connectivity index (χ3n) is 5.36. The van der Waals surface area contributed by atoms with E-state index in [0.29, 0.717) is 12.5 Å². The molecular weight excluding hydrogens is 318 g/mol. The topological polar surface area (TPSA) is 55.8 Å². The van der Waals surface area contributed by atoms with Gasteiger partial charge in [0.15, 0.2) is 0 Å². The number of rotatable bonds is 5. The third kappa shape index (κ3) is 5.70. The Balaban J connectivity index is 1.93. The van der Waals surface area contributed by atoms with Gasteiger partial charge >= 0.3 is 6.09 Å². The van der Waals surface area contributed by atoms with Gasteiger partial charge in [0.1, 0.15) is 11.9 Å². The summed E-state index contributed by atoms with van der Waals surface area (Å²) in [5.41, 5.74) is -0.486. The van der Waals surface area contributed by atoms with Crippen molar-refractivity contribution < 1.29 is 19.1 Å². The van der Waals surface area contributed by atoms with Crippen LogP contribution in [0.4, 0.5) is 4.79 Å². The first kappa shape index (κ1) is 20.2. The zero-order chi connectivity index (χ0) is 18.6. The first-order chi connectivity index (χ1) is 11.7. The first-order valence-corrected chi connectivity index (χ1v) is 9.79. The number of nitrogens with zero attached hydrogens (tertiary/aromatic N) is 1. The van der Waals surface area contributed by atoms with Crippen LogP contribution in [0.5, 0.6) is 0 Å². The van der Waals surface area contributed by atoms with Gasteiger partial charge in [-0.2, -0.15) is 0 Å². The van der Waals surface area contributed by atoms with Gasteiger partial charge < -0.3 is 14.3 Å². The second-order valence-corrected chi connectivity index (χ2v) is 8.94. The molecule has 0 bridgehead atoms. The molecule has 0 aromatic heterocycles. The van der Waals surface area contributed by atoms with Gasteiger partial charge in [0.25, 0.3) is 0 Å². The summed E-state index contributed by atoms with van der Waals surface area (Å²) in [5, 5.41) is 0. The van der Waals surface area contributed by atoms with E-state index in [-0.39, 0.29) is 30.2 Å². The molecule has 0 unspecified atom stereocenters. The molecule has 5 nitrogen and oxygen atoms in total. The maximum Gasteiger partial charge on any atom is 0.410 e. The summed E-state index contributed by atoms with van der Waals surface area (Å²) < 4.78 is 11.8. The molecule has 1 saturated heterocycles. The molecule has 25 heavy (non-hydrogen) atoms. The monoisotopic (exact) mass is 353 g/mol. The van der Waals surface area contributed by atoms with E-state index in [1.807, 2.05) is 25.7 Å². The minimum atomic E-state index is -0.486. The van der Waals surface area contributed by atoms with Crippen molar-refractivity contribution >= 4 is 12.4 Å². The van der Waals surface area contributed by atoms with Gasteiger partial charge in [0, 0.05) is 12.0 Å². The smallest absolute Gasteiger partial charge is 0.410 e. The van der Waals surface area contributed by atoms with Crippen LogP contribution in [-0.2, 0) is 14.3 Å². The number of hydrogen-bond donors (Lipinski definition) is 0. The molecule has 1 heterocycles. The summed E-state index contributed by atoms with van der Waals surface area (Å²) in [5.74, 6) is 0.607. The number of likely N-dealkylation sites (tertiary alicyclic amines) is 1. The van der Waals surface area contributed by atoms with E-state index < -0.39 is 5.60 Å². The summed E-state index contributed by atoms with van der Waals surface area (Å²) in [6.45, 7) is 10.6. The Morgan fingerprint density at radius 1 is 1.12 bits per heavy atom. The molecule has 2 atom stereocenters. The van der Waals surface area contributed by atoms with Crippen LogP contribution in [-0.4, -0.2) is 47.7 Å². The number of hydrogen-bond acceptors (Lipinski definition) is 4. The summed E-state index contributed by atoms with van der Waals surface area (Å²) in [6.07, 6.45) is 6.76. The van der Waals surface area contributed by atoms with Crippen molar-refractivity contribution in [2.45, 2.75) is 96.9 Å². The lowest BCUT2D eigenvalue weighted by Gasteiger charge is -2.35. The molecule has 144 valence electrons. The van der Waals surface area contributed by atoms with Gasteiger partial charge in [0.2, 0.25) is 0 Å². The largest absolute Gasteiger partial charge is 0.444 e. The zero-order valence-electron chi connectivity index (χ0n) is 16.5. The second kappa shape index (κ2) is 8.52. The molecule has 2 fully saturated rings. The van der Waals surface area contributed by atoms with Crippen molar-refractivity contribution in [1.29, 1.82) is 0 Å². The number of ether oxygens (including phenoxy) is 2. The Morgan fingerprint density at radius 2 is 1.76 bits per heavy atom. The minimum Gasteiger partial charge on any atom is -0.444 e. The Hall–Kier alpha value is -1.10. The van der Waals surface area contributed by atoms with Gasteiger partial charge in [-0.25, -0.2) is 4.79 Å². The highest BCUT2D eigenvalue weighted by Crippen LogP contribution is 2.32. The van der Waals surface area contributed by atoms with Crippen LogP contribution in [0.1, 0.15) is 73.1 Å².